The van der Waals surface area contributed by atoms with E-state index in [1.165, 1.54) is 0 Å². The monoisotopic (exact) mass is 512 g/mol. The van der Waals surface area contributed by atoms with Gasteiger partial charge in [0.1, 0.15) is 6.61 Å². The van der Waals surface area contributed by atoms with Gasteiger partial charge < -0.3 is 20.5 Å². The number of hydrogen-bond acceptors (Lipinski definition) is 5. The van der Waals surface area contributed by atoms with Gasteiger partial charge in [-0.25, -0.2) is 0 Å². The second-order valence-electron chi connectivity index (χ2n) is 10.3. The number of benzene rings is 1. The number of rotatable bonds is 17. The van der Waals surface area contributed by atoms with E-state index in [4.69, 9.17) is 4.74 Å². The first-order valence-corrected chi connectivity index (χ1v) is 13.5. The van der Waals surface area contributed by atoms with Crippen LogP contribution in [-0.2, 0) is 25.5 Å². The lowest BCUT2D eigenvalue weighted by molar-refractivity contribution is -0.152. The molecule has 7 heteroatoms. The Kier molecular flexibility index (Phi) is 13.1. The third-order valence-electron chi connectivity index (χ3n) is 6.99. The van der Waals surface area contributed by atoms with Gasteiger partial charge in [0.2, 0.25) is 11.8 Å². The maximum Gasteiger partial charge on any atom is 0.309 e. The van der Waals surface area contributed by atoms with Crippen molar-refractivity contribution >= 4 is 17.8 Å². The fourth-order valence-corrected chi connectivity index (χ4v) is 4.85. The molecule has 1 fully saturated rings. The maximum atomic E-state index is 13.2. The molecule has 0 saturated heterocycles. The van der Waals surface area contributed by atoms with Gasteiger partial charge in [-0.15, -0.1) is 13.2 Å². The third kappa shape index (κ3) is 10.5. The minimum Gasteiger partial charge on any atom is -0.463 e. The van der Waals surface area contributed by atoms with Gasteiger partial charge >= 0.3 is 5.97 Å². The van der Waals surface area contributed by atoms with Crippen molar-refractivity contribution in [3.05, 3.63) is 61.2 Å². The zero-order valence-corrected chi connectivity index (χ0v) is 22.3. The van der Waals surface area contributed by atoms with Crippen LogP contribution in [0.5, 0.6) is 0 Å². The highest BCUT2D eigenvalue weighted by Crippen LogP contribution is 2.31. The molecule has 0 bridgehead atoms. The fraction of sp³-hybridized carbons (Fsp3) is 0.567. The van der Waals surface area contributed by atoms with E-state index in [9.17, 15) is 19.5 Å². The number of nitrogens with one attached hydrogen (secondary N) is 2. The van der Waals surface area contributed by atoms with Crippen molar-refractivity contribution in [2.75, 3.05) is 13.2 Å². The number of esters is 1. The van der Waals surface area contributed by atoms with Gasteiger partial charge in [-0.2, -0.15) is 0 Å². The zero-order valence-electron chi connectivity index (χ0n) is 22.3. The Balaban J connectivity index is 2.04. The maximum absolute atomic E-state index is 13.2. The summed E-state index contributed by atoms with van der Waals surface area (Å²) in [6.45, 7) is 9.16. The lowest BCUT2D eigenvalue weighted by Crippen LogP contribution is -2.52. The number of amides is 2. The minimum atomic E-state index is -0.626. The molecule has 0 aliphatic heterocycles. The smallest absolute Gasteiger partial charge is 0.309 e. The number of allylic oxidation sites excluding steroid dienone is 2. The number of carbonyl (C=O) groups is 3. The molecular formula is C30H44N2O5. The number of ether oxygens (including phenoxy) is 1. The van der Waals surface area contributed by atoms with E-state index in [0.29, 0.717) is 19.3 Å². The molecule has 3 atom stereocenters. The molecule has 0 spiro atoms. The summed E-state index contributed by atoms with van der Waals surface area (Å²) in [5, 5.41) is 15.0. The number of carbonyl (C=O) groups excluding carboxylic acids is 3. The van der Waals surface area contributed by atoms with E-state index in [1.807, 2.05) is 36.4 Å². The largest absolute Gasteiger partial charge is 0.463 e. The SMILES string of the molecule is C=CCCC[C@H](Cc1ccccc1)C(=O)OCC1(NC(=O)[C@@H](CC=C)CC(=O)N[C@@H](C)CO)CCCC1. The Bertz CT molecular complexity index is 879. The van der Waals surface area contributed by atoms with Gasteiger partial charge in [0.05, 0.1) is 24.0 Å². The van der Waals surface area contributed by atoms with Crippen LogP contribution in [0.4, 0.5) is 0 Å². The highest BCUT2D eigenvalue weighted by atomic mass is 16.5. The molecule has 2 amide bonds. The molecule has 1 aromatic rings. The summed E-state index contributed by atoms with van der Waals surface area (Å²) in [5.41, 5.74) is 0.465. The van der Waals surface area contributed by atoms with E-state index in [0.717, 1.165) is 44.1 Å². The van der Waals surface area contributed by atoms with Crippen LogP contribution in [0, 0.1) is 11.8 Å². The van der Waals surface area contributed by atoms with Gasteiger partial charge in [-0.3, -0.25) is 14.4 Å². The van der Waals surface area contributed by atoms with E-state index in [2.05, 4.69) is 23.8 Å². The summed E-state index contributed by atoms with van der Waals surface area (Å²) in [5.74, 6) is -1.62. The topological polar surface area (TPSA) is 105 Å². The van der Waals surface area contributed by atoms with E-state index >= 15 is 0 Å². The van der Waals surface area contributed by atoms with Crippen LogP contribution in [0.2, 0.25) is 0 Å². The molecular weight excluding hydrogens is 468 g/mol. The number of aliphatic hydroxyl groups excluding tert-OH is 1. The van der Waals surface area contributed by atoms with Gasteiger partial charge in [-0.05, 0) is 57.4 Å². The fourth-order valence-electron chi connectivity index (χ4n) is 4.85. The second-order valence-corrected chi connectivity index (χ2v) is 10.3. The average molecular weight is 513 g/mol. The lowest BCUT2D eigenvalue weighted by Gasteiger charge is -2.32. The summed E-state index contributed by atoms with van der Waals surface area (Å²) >= 11 is 0. The van der Waals surface area contributed by atoms with Crippen LogP contribution in [0.3, 0.4) is 0 Å². The number of unbranched alkanes of at least 4 members (excludes halogenated alkanes) is 1. The molecule has 3 N–H and O–H groups in total. The van der Waals surface area contributed by atoms with Crippen molar-refractivity contribution in [1.29, 1.82) is 0 Å². The van der Waals surface area contributed by atoms with Crippen LogP contribution in [0.1, 0.15) is 70.3 Å². The zero-order chi connectivity index (χ0) is 27.1. The van der Waals surface area contributed by atoms with Gasteiger partial charge in [0, 0.05) is 12.5 Å². The molecule has 1 aliphatic carbocycles. The summed E-state index contributed by atoms with van der Waals surface area (Å²) in [7, 11) is 0. The Hall–Kier alpha value is -2.93. The molecule has 0 unspecified atom stereocenters. The highest BCUT2D eigenvalue weighted by molar-refractivity contribution is 5.86. The quantitative estimate of drug-likeness (QED) is 0.164. The van der Waals surface area contributed by atoms with Gasteiger partial charge in [0.15, 0.2) is 0 Å². The van der Waals surface area contributed by atoms with Crippen molar-refractivity contribution in [3.63, 3.8) is 0 Å². The third-order valence-corrected chi connectivity index (χ3v) is 6.99. The molecule has 1 aromatic carbocycles. The van der Waals surface area contributed by atoms with Crippen molar-refractivity contribution in [3.8, 4) is 0 Å². The Morgan fingerprint density at radius 2 is 1.81 bits per heavy atom. The van der Waals surface area contributed by atoms with Crippen LogP contribution in [0.15, 0.2) is 55.6 Å². The van der Waals surface area contributed by atoms with E-state index < -0.39 is 11.5 Å². The molecule has 1 saturated carbocycles. The summed E-state index contributed by atoms with van der Waals surface area (Å²) < 4.78 is 5.88. The molecule has 7 nitrogen and oxygen atoms in total. The minimum absolute atomic E-state index is 0.000510. The first-order valence-electron chi connectivity index (χ1n) is 13.5. The van der Waals surface area contributed by atoms with Crippen LogP contribution in [-0.4, -0.2) is 47.7 Å². The van der Waals surface area contributed by atoms with Crippen molar-refractivity contribution in [2.24, 2.45) is 11.8 Å². The molecule has 0 heterocycles. The second kappa shape index (κ2) is 16.0. The van der Waals surface area contributed by atoms with Crippen molar-refractivity contribution < 1.29 is 24.2 Å². The summed E-state index contributed by atoms with van der Waals surface area (Å²) in [6, 6.07) is 9.55. The number of aliphatic hydroxyl groups is 1. The number of hydrogen-bond donors (Lipinski definition) is 3. The Labute approximate surface area is 221 Å². The average Bonchev–Trinajstić information content (AvgIpc) is 3.35. The molecule has 37 heavy (non-hydrogen) atoms. The molecule has 0 aromatic heterocycles. The normalized spacial score (nSPS) is 16.7. The summed E-state index contributed by atoms with van der Waals surface area (Å²) in [6.07, 6.45) is 10.2. The van der Waals surface area contributed by atoms with Gasteiger partial charge in [-0.1, -0.05) is 55.3 Å². The Morgan fingerprint density at radius 3 is 2.43 bits per heavy atom. The molecule has 1 aliphatic rings. The van der Waals surface area contributed by atoms with Crippen LogP contribution < -0.4 is 10.6 Å². The van der Waals surface area contributed by atoms with Crippen molar-refractivity contribution in [1.82, 2.24) is 10.6 Å². The van der Waals surface area contributed by atoms with Gasteiger partial charge in [0.25, 0.3) is 0 Å². The lowest BCUT2D eigenvalue weighted by atomic mass is 9.93. The Morgan fingerprint density at radius 1 is 1.11 bits per heavy atom. The molecule has 204 valence electrons. The van der Waals surface area contributed by atoms with Crippen molar-refractivity contribution in [2.45, 2.75) is 82.7 Å². The molecule has 2 rings (SSSR count). The predicted octanol–water partition coefficient (Wildman–Crippen LogP) is 4.25. The van der Waals surface area contributed by atoms with E-state index in [-0.39, 0.29) is 49.4 Å². The molecule has 0 radical (unpaired) electrons. The summed E-state index contributed by atoms with van der Waals surface area (Å²) in [4.78, 5) is 38.8. The van der Waals surface area contributed by atoms with Crippen LogP contribution >= 0.6 is 0 Å². The van der Waals surface area contributed by atoms with Crippen LogP contribution in [0.25, 0.3) is 0 Å². The van der Waals surface area contributed by atoms with E-state index in [1.54, 1.807) is 13.0 Å². The highest BCUT2D eigenvalue weighted by Gasteiger charge is 2.39. The first-order chi connectivity index (χ1) is 17.8. The standard InChI is InChI=1S/C30H44N2O5/c1-4-6-8-16-26(19-24-14-9-7-10-15-24)29(36)37-22-30(17-11-12-18-30)32-28(35)25(13-5-2)20-27(34)31-23(3)21-33/h4-5,7,9-10,14-15,23,25-26,33H,1-2,6,8,11-13,16-22H2,3H3,(H,31,34)(H,32,35)/t23-,25-,26+/m0/s1. The first kappa shape index (κ1) is 30.3. The predicted molar refractivity (Wildman–Crippen MR) is 146 cm³/mol.